The van der Waals surface area contributed by atoms with Crippen molar-refractivity contribution in [1.29, 1.82) is 0 Å². The number of aliphatic hydroxyl groups excluding tert-OH is 1. The maximum Gasteiger partial charge on any atom is 0.337 e. The summed E-state index contributed by atoms with van der Waals surface area (Å²) in [6.45, 7) is 2.76. The van der Waals surface area contributed by atoms with E-state index in [4.69, 9.17) is 21.1 Å². The van der Waals surface area contributed by atoms with E-state index in [2.05, 4.69) is 9.88 Å². The van der Waals surface area contributed by atoms with Crippen LogP contribution in [0.25, 0.3) is 0 Å². The predicted octanol–water partition coefficient (Wildman–Crippen LogP) is 3.17. The molecule has 4 rings (SSSR count). The van der Waals surface area contributed by atoms with Gasteiger partial charge in [-0.25, -0.2) is 4.79 Å². The lowest BCUT2D eigenvalue weighted by Gasteiger charge is -2.35. The third-order valence-corrected chi connectivity index (χ3v) is 6.10. The molecular weight excluding hydrogens is 392 g/mol. The molecule has 0 bridgehead atoms. The summed E-state index contributed by atoms with van der Waals surface area (Å²) in [6, 6.07) is 8.80. The number of halogens is 1. The number of benzene rings is 1. The number of pyridine rings is 1. The predicted molar refractivity (Wildman–Crippen MR) is 109 cm³/mol. The number of likely N-dealkylation sites (tertiary alicyclic amines) is 1. The highest BCUT2D eigenvalue weighted by Gasteiger charge is 2.42. The lowest BCUT2D eigenvalue weighted by atomic mass is 9.78. The second-order valence-electron chi connectivity index (χ2n) is 7.94. The Balaban J connectivity index is 1.36. The van der Waals surface area contributed by atoms with Crippen LogP contribution >= 0.6 is 11.6 Å². The Bertz CT molecular complexity index is 860. The third kappa shape index (κ3) is 4.71. The van der Waals surface area contributed by atoms with Crippen molar-refractivity contribution >= 4 is 17.6 Å². The smallest absolute Gasteiger partial charge is 0.337 e. The van der Waals surface area contributed by atoms with E-state index >= 15 is 0 Å². The summed E-state index contributed by atoms with van der Waals surface area (Å²) in [5.74, 6) is 1.24. The van der Waals surface area contributed by atoms with E-state index in [0.717, 1.165) is 38.0 Å². The van der Waals surface area contributed by atoms with Crippen LogP contribution in [-0.2, 0) is 11.3 Å². The van der Waals surface area contributed by atoms with Crippen LogP contribution in [0.5, 0.6) is 5.75 Å². The molecule has 1 N–H and O–H groups in total. The summed E-state index contributed by atoms with van der Waals surface area (Å²) in [5.41, 5.74) is 1.58. The molecule has 2 fully saturated rings. The van der Waals surface area contributed by atoms with Crippen LogP contribution in [0.1, 0.15) is 28.8 Å². The van der Waals surface area contributed by atoms with E-state index in [0.29, 0.717) is 28.2 Å². The first-order chi connectivity index (χ1) is 14.0. The molecule has 1 aromatic carbocycles. The molecule has 154 valence electrons. The van der Waals surface area contributed by atoms with Crippen LogP contribution in [0.3, 0.4) is 0 Å². The monoisotopic (exact) mass is 416 g/mol. The second-order valence-corrected chi connectivity index (χ2v) is 8.37. The summed E-state index contributed by atoms with van der Waals surface area (Å²) in [6.07, 6.45) is 4.31. The van der Waals surface area contributed by atoms with Gasteiger partial charge in [0.15, 0.2) is 0 Å². The number of hydrogen-bond donors (Lipinski definition) is 1. The topological polar surface area (TPSA) is 71.9 Å². The molecule has 1 aliphatic carbocycles. The summed E-state index contributed by atoms with van der Waals surface area (Å²) in [5, 5.41) is 11.3. The summed E-state index contributed by atoms with van der Waals surface area (Å²) >= 11 is 6.05. The number of methoxy groups -OCH3 is 1. The van der Waals surface area contributed by atoms with E-state index in [9.17, 15) is 9.90 Å². The van der Waals surface area contributed by atoms with E-state index in [-0.39, 0.29) is 12.1 Å². The minimum atomic E-state index is -0.496. The zero-order chi connectivity index (χ0) is 20.4. The highest BCUT2D eigenvalue weighted by Crippen LogP contribution is 2.38. The maximum absolute atomic E-state index is 11.6. The number of fused-ring (bicyclic) bond motifs is 1. The van der Waals surface area contributed by atoms with Crippen molar-refractivity contribution in [2.75, 3.05) is 20.2 Å². The van der Waals surface area contributed by atoms with Gasteiger partial charge >= 0.3 is 5.97 Å². The Morgan fingerprint density at radius 1 is 1.21 bits per heavy atom. The van der Waals surface area contributed by atoms with Crippen molar-refractivity contribution in [3.05, 3.63) is 58.9 Å². The number of ether oxygens (including phenoxy) is 2. The largest absolute Gasteiger partial charge is 0.488 e. The van der Waals surface area contributed by atoms with Gasteiger partial charge in [-0.1, -0.05) is 11.6 Å². The number of carbonyl (C=O) groups is 1. The molecule has 1 aliphatic heterocycles. The van der Waals surface area contributed by atoms with Gasteiger partial charge in [0.05, 0.1) is 23.8 Å². The van der Waals surface area contributed by atoms with Crippen LogP contribution in [0.15, 0.2) is 42.7 Å². The van der Waals surface area contributed by atoms with Crippen LogP contribution < -0.4 is 4.74 Å². The van der Waals surface area contributed by atoms with Gasteiger partial charge in [0.1, 0.15) is 11.9 Å². The molecule has 7 heteroatoms. The minimum absolute atomic E-state index is 0.243. The van der Waals surface area contributed by atoms with Crippen molar-refractivity contribution in [3.63, 3.8) is 0 Å². The fourth-order valence-corrected chi connectivity index (χ4v) is 4.70. The lowest BCUT2D eigenvalue weighted by molar-refractivity contribution is -0.0231. The van der Waals surface area contributed by atoms with Crippen molar-refractivity contribution < 1.29 is 19.4 Å². The number of aromatic nitrogens is 1. The van der Waals surface area contributed by atoms with Gasteiger partial charge in [-0.05, 0) is 60.6 Å². The van der Waals surface area contributed by atoms with Crippen LogP contribution in [0, 0.1) is 11.8 Å². The lowest BCUT2D eigenvalue weighted by Crippen LogP contribution is -2.42. The van der Waals surface area contributed by atoms with E-state index in [1.54, 1.807) is 30.5 Å². The zero-order valence-corrected chi connectivity index (χ0v) is 17.1. The van der Waals surface area contributed by atoms with Crippen LogP contribution in [0.2, 0.25) is 5.02 Å². The normalized spacial score (nSPS) is 26.7. The number of carbonyl (C=O) groups excluding carboxylic acids is 1. The third-order valence-electron chi connectivity index (χ3n) is 5.89. The number of aliphatic hydroxyl groups is 1. The van der Waals surface area contributed by atoms with Crippen molar-refractivity contribution in [2.24, 2.45) is 11.8 Å². The van der Waals surface area contributed by atoms with Gasteiger partial charge in [-0.15, -0.1) is 0 Å². The SMILES string of the molecule is COC(=O)c1ccc(O[C@@H]2C[C@@H]3CN(Cc4cncc(Cl)c4)C[C@@H]3C[C@H]2O)cc1. The summed E-state index contributed by atoms with van der Waals surface area (Å²) in [7, 11) is 1.36. The van der Waals surface area contributed by atoms with Crippen molar-refractivity contribution in [3.8, 4) is 5.75 Å². The van der Waals surface area contributed by atoms with Crippen molar-refractivity contribution in [2.45, 2.75) is 31.6 Å². The Kier molecular flexibility index (Phi) is 6.04. The van der Waals surface area contributed by atoms with Gasteiger partial charge in [-0.2, -0.15) is 0 Å². The first kappa shape index (κ1) is 20.1. The van der Waals surface area contributed by atoms with Gasteiger partial charge in [-0.3, -0.25) is 9.88 Å². The van der Waals surface area contributed by atoms with E-state index in [1.807, 2.05) is 12.3 Å². The maximum atomic E-state index is 11.6. The van der Waals surface area contributed by atoms with E-state index < -0.39 is 6.10 Å². The van der Waals surface area contributed by atoms with Gasteiger partial charge in [0.25, 0.3) is 0 Å². The van der Waals surface area contributed by atoms with Gasteiger partial charge in [0, 0.05) is 32.0 Å². The molecule has 0 spiro atoms. The fraction of sp³-hybridized carbons (Fsp3) is 0.455. The molecule has 6 nitrogen and oxygen atoms in total. The number of nitrogens with zero attached hydrogens (tertiary/aromatic N) is 2. The highest BCUT2D eigenvalue weighted by atomic mass is 35.5. The molecule has 29 heavy (non-hydrogen) atoms. The van der Waals surface area contributed by atoms with Gasteiger partial charge < -0.3 is 14.6 Å². The Hall–Kier alpha value is -2.15. The quantitative estimate of drug-likeness (QED) is 0.755. The Morgan fingerprint density at radius 2 is 1.93 bits per heavy atom. The molecule has 1 saturated heterocycles. The summed E-state index contributed by atoms with van der Waals surface area (Å²) in [4.78, 5) is 18.1. The standard InChI is InChI=1S/C22H25ClN2O4/c1-28-22(27)15-2-4-19(5-3-15)29-21-8-17-13-25(12-16(17)7-20(21)26)11-14-6-18(23)10-24-9-14/h2-6,9-10,16-17,20-21,26H,7-8,11-13H2,1H3/t16-,17+,20+,21+/m0/s1. The molecule has 2 aliphatic rings. The average molecular weight is 417 g/mol. The molecular formula is C22H25ClN2O4. The Morgan fingerprint density at radius 3 is 2.62 bits per heavy atom. The first-order valence-corrected chi connectivity index (χ1v) is 10.2. The zero-order valence-electron chi connectivity index (χ0n) is 16.3. The number of esters is 1. The van der Waals surface area contributed by atoms with Crippen molar-refractivity contribution in [1.82, 2.24) is 9.88 Å². The fourth-order valence-electron chi connectivity index (χ4n) is 4.51. The molecule has 0 unspecified atom stereocenters. The van der Waals surface area contributed by atoms with Crippen LogP contribution in [0.4, 0.5) is 0 Å². The first-order valence-electron chi connectivity index (χ1n) is 9.86. The molecule has 1 aromatic heterocycles. The molecule has 0 radical (unpaired) electrons. The minimum Gasteiger partial charge on any atom is -0.488 e. The average Bonchev–Trinajstić information content (AvgIpc) is 3.09. The van der Waals surface area contributed by atoms with Crippen LogP contribution in [-0.4, -0.2) is 53.4 Å². The highest BCUT2D eigenvalue weighted by molar-refractivity contribution is 6.30. The molecule has 4 atom stereocenters. The number of hydrogen-bond acceptors (Lipinski definition) is 6. The number of rotatable bonds is 5. The van der Waals surface area contributed by atoms with E-state index in [1.165, 1.54) is 7.11 Å². The second kappa shape index (κ2) is 8.69. The molecule has 1 saturated carbocycles. The molecule has 2 aromatic rings. The Labute approximate surface area is 175 Å². The molecule has 2 heterocycles. The summed E-state index contributed by atoms with van der Waals surface area (Å²) < 4.78 is 10.8. The van der Waals surface area contributed by atoms with Gasteiger partial charge in [0.2, 0.25) is 0 Å². The molecule has 0 amide bonds.